The first-order chi connectivity index (χ1) is 9.96. The van der Waals surface area contributed by atoms with E-state index in [9.17, 15) is 9.90 Å². The number of aliphatic hydroxyl groups is 1. The van der Waals surface area contributed by atoms with Crippen molar-refractivity contribution in [1.82, 2.24) is 9.55 Å². The maximum absolute atomic E-state index is 11.0. The smallest absolute Gasteiger partial charge is 0.335 e. The summed E-state index contributed by atoms with van der Waals surface area (Å²) in [7, 11) is 0. The summed E-state index contributed by atoms with van der Waals surface area (Å²) >= 11 is 0. The number of fused-ring (bicyclic) bond motifs is 1. The van der Waals surface area contributed by atoms with Crippen molar-refractivity contribution in [3.8, 4) is 0 Å². The average Bonchev–Trinajstić information content (AvgIpc) is 2.79. The molecule has 1 heterocycles. The summed E-state index contributed by atoms with van der Waals surface area (Å²) in [4.78, 5) is 15.5. The Morgan fingerprint density at radius 3 is 2.52 bits per heavy atom. The van der Waals surface area contributed by atoms with Crippen molar-refractivity contribution in [3.63, 3.8) is 0 Å². The van der Waals surface area contributed by atoms with Gasteiger partial charge in [-0.3, -0.25) is 0 Å². The van der Waals surface area contributed by atoms with Gasteiger partial charge >= 0.3 is 5.97 Å². The number of carboxylic acid groups (broad SMARTS) is 1. The molecule has 0 saturated carbocycles. The number of imidazole rings is 1. The molecular weight excluding hydrogens is 268 g/mol. The molecule has 1 aromatic heterocycles. The zero-order valence-electron chi connectivity index (χ0n) is 12.8. The van der Waals surface area contributed by atoms with Gasteiger partial charge in [-0.25, -0.2) is 9.78 Å². The second-order valence-electron chi connectivity index (χ2n) is 5.62. The van der Waals surface area contributed by atoms with Crippen LogP contribution in [0.2, 0.25) is 0 Å². The molecule has 0 radical (unpaired) electrons. The summed E-state index contributed by atoms with van der Waals surface area (Å²) in [5, 5.41) is 18.8. The fourth-order valence-corrected chi connectivity index (χ4v) is 2.67. The Bertz CT molecular complexity index is 649. The number of benzene rings is 1. The third-order valence-electron chi connectivity index (χ3n) is 4.51. The van der Waals surface area contributed by atoms with Crippen molar-refractivity contribution in [3.05, 3.63) is 29.6 Å². The van der Waals surface area contributed by atoms with E-state index in [1.165, 1.54) is 0 Å². The summed E-state index contributed by atoms with van der Waals surface area (Å²) in [6.07, 6.45) is 1.76. The number of nitrogens with zero attached hydrogens (tertiary/aromatic N) is 2. The van der Waals surface area contributed by atoms with Gasteiger partial charge in [0.05, 0.1) is 23.2 Å². The number of aryl methyl sites for hydroxylation is 1. The number of hydrogen-bond donors (Lipinski definition) is 2. The minimum absolute atomic E-state index is 0.131. The zero-order valence-corrected chi connectivity index (χ0v) is 12.8. The molecule has 21 heavy (non-hydrogen) atoms. The van der Waals surface area contributed by atoms with Gasteiger partial charge in [-0.05, 0) is 38.0 Å². The monoisotopic (exact) mass is 290 g/mol. The summed E-state index contributed by atoms with van der Waals surface area (Å²) in [6, 6.07) is 4.99. The Kier molecular flexibility index (Phi) is 4.32. The largest absolute Gasteiger partial charge is 0.478 e. The molecule has 0 spiro atoms. The van der Waals surface area contributed by atoms with Crippen LogP contribution in [-0.4, -0.2) is 32.3 Å². The molecule has 5 heteroatoms. The van der Waals surface area contributed by atoms with Crippen LogP contribution in [0, 0.1) is 12.3 Å². The lowest BCUT2D eigenvalue weighted by molar-refractivity contribution is 0.0697. The minimum Gasteiger partial charge on any atom is -0.478 e. The number of hydrogen-bond acceptors (Lipinski definition) is 3. The molecule has 0 saturated heterocycles. The molecule has 0 fully saturated rings. The van der Waals surface area contributed by atoms with Gasteiger partial charge in [-0.2, -0.15) is 0 Å². The number of aliphatic hydroxyl groups excluding tert-OH is 1. The molecule has 0 aliphatic carbocycles. The van der Waals surface area contributed by atoms with Crippen molar-refractivity contribution >= 4 is 17.0 Å². The first-order valence-electron chi connectivity index (χ1n) is 7.27. The van der Waals surface area contributed by atoms with E-state index in [4.69, 9.17) is 5.11 Å². The predicted octanol–water partition coefficient (Wildman–Crippen LogP) is 2.84. The Labute approximate surface area is 124 Å². The molecule has 2 rings (SSSR count). The Morgan fingerprint density at radius 1 is 1.33 bits per heavy atom. The van der Waals surface area contributed by atoms with Crippen LogP contribution in [0.4, 0.5) is 0 Å². The van der Waals surface area contributed by atoms with E-state index in [2.05, 4.69) is 23.4 Å². The van der Waals surface area contributed by atoms with E-state index in [0.717, 1.165) is 24.2 Å². The summed E-state index contributed by atoms with van der Waals surface area (Å²) in [5.74, 6) is -0.108. The molecule has 0 aliphatic rings. The van der Waals surface area contributed by atoms with Crippen molar-refractivity contribution in [2.75, 3.05) is 6.61 Å². The van der Waals surface area contributed by atoms with Crippen LogP contribution in [0.25, 0.3) is 11.0 Å². The highest BCUT2D eigenvalue weighted by molar-refractivity contribution is 5.92. The van der Waals surface area contributed by atoms with Crippen LogP contribution in [-0.2, 0) is 6.54 Å². The quantitative estimate of drug-likeness (QED) is 0.857. The Hall–Kier alpha value is -1.88. The third-order valence-corrected chi connectivity index (χ3v) is 4.51. The van der Waals surface area contributed by atoms with Gasteiger partial charge in [-0.1, -0.05) is 13.8 Å². The Morgan fingerprint density at radius 2 is 2.00 bits per heavy atom. The maximum Gasteiger partial charge on any atom is 0.335 e. The molecule has 0 unspecified atom stereocenters. The number of aromatic nitrogens is 2. The number of carbonyl (C=O) groups is 1. The van der Waals surface area contributed by atoms with Gasteiger partial charge in [0.2, 0.25) is 0 Å². The molecule has 0 atom stereocenters. The van der Waals surface area contributed by atoms with E-state index in [-0.39, 0.29) is 17.6 Å². The van der Waals surface area contributed by atoms with Crippen LogP contribution >= 0.6 is 0 Å². The van der Waals surface area contributed by atoms with E-state index in [1.54, 1.807) is 18.2 Å². The van der Waals surface area contributed by atoms with Gasteiger partial charge in [-0.15, -0.1) is 0 Å². The van der Waals surface area contributed by atoms with Crippen molar-refractivity contribution in [1.29, 1.82) is 0 Å². The van der Waals surface area contributed by atoms with Crippen molar-refractivity contribution in [2.45, 2.75) is 40.2 Å². The zero-order chi connectivity index (χ0) is 15.6. The molecule has 0 aliphatic heterocycles. The minimum atomic E-state index is -0.948. The molecule has 0 amide bonds. The normalized spacial score (nSPS) is 12.0. The Balaban J connectivity index is 2.49. The fraction of sp³-hybridized carbons (Fsp3) is 0.500. The van der Waals surface area contributed by atoms with E-state index in [1.807, 2.05) is 6.92 Å². The van der Waals surface area contributed by atoms with Gasteiger partial charge < -0.3 is 14.8 Å². The highest BCUT2D eigenvalue weighted by atomic mass is 16.4. The van der Waals surface area contributed by atoms with Crippen LogP contribution in [0.15, 0.2) is 18.2 Å². The van der Waals surface area contributed by atoms with E-state index in [0.29, 0.717) is 12.1 Å². The molecule has 1 aromatic carbocycles. The molecular formula is C16H22N2O3. The number of rotatable bonds is 6. The SMILES string of the molecule is CCC(CC)(CO)Cn1c(C)nc2cc(C(=O)O)ccc21. The van der Waals surface area contributed by atoms with Crippen molar-refractivity contribution < 1.29 is 15.0 Å². The lowest BCUT2D eigenvalue weighted by Gasteiger charge is -2.30. The van der Waals surface area contributed by atoms with Gasteiger partial charge in [0.1, 0.15) is 5.82 Å². The lowest BCUT2D eigenvalue weighted by Crippen LogP contribution is -2.30. The highest BCUT2D eigenvalue weighted by Crippen LogP contribution is 2.30. The molecule has 0 bridgehead atoms. The highest BCUT2D eigenvalue weighted by Gasteiger charge is 2.27. The van der Waals surface area contributed by atoms with Gasteiger partial charge in [0.15, 0.2) is 0 Å². The standard InChI is InChI=1S/C16H22N2O3/c1-4-16(5-2,10-19)9-18-11(3)17-13-8-12(15(20)21)6-7-14(13)18/h6-8,19H,4-5,9-10H2,1-3H3,(H,20,21). The number of aromatic carboxylic acids is 1. The predicted molar refractivity (Wildman–Crippen MR) is 81.5 cm³/mol. The van der Waals surface area contributed by atoms with Crippen LogP contribution in [0.1, 0.15) is 42.9 Å². The number of carboxylic acids is 1. The van der Waals surface area contributed by atoms with Crippen LogP contribution < -0.4 is 0 Å². The maximum atomic E-state index is 11.0. The summed E-state index contributed by atoms with van der Waals surface area (Å²) < 4.78 is 2.07. The molecule has 114 valence electrons. The molecule has 2 N–H and O–H groups in total. The van der Waals surface area contributed by atoms with Crippen LogP contribution in [0.5, 0.6) is 0 Å². The second-order valence-corrected chi connectivity index (χ2v) is 5.62. The van der Waals surface area contributed by atoms with Crippen LogP contribution in [0.3, 0.4) is 0 Å². The fourth-order valence-electron chi connectivity index (χ4n) is 2.67. The average molecular weight is 290 g/mol. The van der Waals surface area contributed by atoms with Gasteiger partial charge in [0.25, 0.3) is 0 Å². The second kappa shape index (κ2) is 5.85. The topological polar surface area (TPSA) is 75.3 Å². The molecule has 2 aromatic rings. The van der Waals surface area contributed by atoms with Crippen molar-refractivity contribution in [2.24, 2.45) is 5.41 Å². The van der Waals surface area contributed by atoms with E-state index < -0.39 is 5.97 Å². The summed E-state index contributed by atoms with van der Waals surface area (Å²) in [5.41, 5.74) is 1.68. The van der Waals surface area contributed by atoms with Gasteiger partial charge in [0, 0.05) is 12.0 Å². The third kappa shape index (κ3) is 2.78. The first-order valence-corrected chi connectivity index (χ1v) is 7.27. The lowest BCUT2D eigenvalue weighted by atomic mass is 9.83. The first kappa shape index (κ1) is 15.5. The summed E-state index contributed by atoms with van der Waals surface area (Å²) in [6.45, 7) is 6.89. The molecule has 5 nitrogen and oxygen atoms in total. The van der Waals surface area contributed by atoms with E-state index >= 15 is 0 Å².